The van der Waals surface area contributed by atoms with Crippen molar-refractivity contribution in [3.8, 4) is 11.6 Å². The first kappa shape index (κ1) is 32.1. The number of hydrogen-bond donors (Lipinski definition) is 2. The van der Waals surface area contributed by atoms with Crippen molar-refractivity contribution in [2.75, 3.05) is 31.5 Å². The summed E-state index contributed by atoms with van der Waals surface area (Å²) in [7, 11) is 0. The molecule has 13 nitrogen and oxygen atoms in total. The van der Waals surface area contributed by atoms with Gasteiger partial charge in [0.1, 0.15) is 0 Å². The van der Waals surface area contributed by atoms with Gasteiger partial charge in [0.15, 0.2) is 0 Å². The van der Waals surface area contributed by atoms with E-state index in [4.69, 9.17) is 9.84 Å². The van der Waals surface area contributed by atoms with E-state index in [1.54, 1.807) is 33.8 Å². The first-order valence-electron chi connectivity index (χ1n) is 15.6. The zero-order valence-electron chi connectivity index (χ0n) is 26.0. The molecule has 0 saturated carbocycles. The zero-order chi connectivity index (χ0) is 32.8. The van der Waals surface area contributed by atoms with Gasteiger partial charge in [0.2, 0.25) is 11.0 Å². The van der Waals surface area contributed by atoms with Crippen LogP contribution >= 0.6 is 11.8 Å². The summed E-state index contributed by atoms with van der Waals surface area (Å²) in [5, 5.41) is 24.7. The predicted octanol–water partition coefficient (Wildman–Crippen LogP) is 5.00. The maximum atomic E-state index is 12.8. The van der Waals surface area contributed by atoms with Gasteiger partial charge in [0, 0.05) is 36.5 Å². The molecule has 4 heterocycles. The first-order valence-corrected chi connectivity index (χ1v) is 16.5. The van der Waals surface area contributed by atoms with E-state index in [9.17, 15) is 14.4 Å². The van der Waals surface area contributed by atoms with Gasteiger partial charge in [-0.3, -0.25) is 9.69 Å². The molecule has 2 fully saturated rings. The highest BCUT2D eigenvalue weighted by Crippen LogP contribution is 2.30. The maximum absolute atomic E-state index is 12.8. The number of pyridine rings is 1. The van der Waals surface area contributed by atoms with Gasteiger partial charge in [-0.05, 0) is 103 Å². The van der Waals surface area contributed by atoms with Crippen molar-refractivity contribution in [1.82, 2.24) is 35.0 Å². The van der Waals surface area contributed by atoms with Crippen LogP contribution in [0.4, 0.5) is 10.5 Å². The second kappa shape index (κ2) is 14.7. The van der Waals surface area contributed by atoms with E-state index >= 15 is 0 Å². The number of likely N-dealkylation sites (tertiary alicyclic amines) is 2. The Morgan fingerprint density at radius 1 is 0.915 bits per heavy atom. The molecule has 0 unspecified atom stereocenters. The number of carboxylic acids is 1. The van der Waals surface area contributed by atoms with Gasteiger partial charge < -0.3 is 20.1 Å². The van der Waals surface area contributed by atoms with Crippen LogP contribution in [0.15, 0.2) is 72.0 Å². The lowest BCUT2D eigenvalue weighted by atomic mass is 9.99. The van der Waals surface area contributed by atoms with E-state index in [2.05, 4.69) is 37.6 Å². The molecule has 2 aliphatic rings. The molecule has 47 heavy (non-hydrogen) atoms. The monoisotopic (exact) mass is 656 g/mol. The Labute approximate surface area is 276 Å². The highest BCUT2D eigenvalue weighted by Gasteiger charge is 2.27. The Hall–Kier alpha value is -4.82. The van der Waals surface area contributed by atoms with Crippen molar-refractivity contribution in [2.45, 2.75) is 49.6 Å². The van der Waals surface area contributed by atoms with Gasteiger partial charge in [-0.1, -0.05) is 30.8 Å². The average Bonchev–Trinajstić information content (AvgIpc) is 3.55. The summed E-state index contributed by atoms with van der Waals surface area (Å²) >= 11 is 1.52. The minimum absolute atomic E-state index is 0.147. The molecule has 0 spiro atoms. The molecule has 2 N–H and O–H groups in total. The van der Waals surface area contributed by atoms with Crippen LogP contribution in [0, 0.1) is 5.92 Å². The van der Waals surface area contributed by atoms with Crippen molar-refractivity contribution >= 4 is 35.4 Å². The number of carbonyl (C=O) groups is 3. The van der Waals surface area contributed by atoms with Gasteiger partial charge in [0.25, 0.3) is 5.91 Å². The molecule has 14 heteroatoms. The number of piperidine rings is 2. The Balaban J connectivity index is 0.945. The van der Waals surface area contributed by atoms with E-state index in [-0.39, 0.29) is 22.6 Å². The van der Waals surface area contributed by atoms with Crippen molar-refractivity contribution in [1.29, 1.82) is 0 Å². The molecule has 0 bridgehead atoms. The molecule has 4 aromatic rings. The highest BCUT2D eigenvalue weighted by molar-refractivity contribution is 7.99. The highest BCUT2D eigenvalue weighted by atomic mass is 32.2. The smallest absolute Gasteiger partial charge is 0.416 e. The standard InChI is InChI=1S/C33H36N8O5S/c1-22-12-16-39(17-13-22)21-23-2-4-24(5-3-23)30(42)35-26-8-11-29(34-20-26)46-33(45)40-18-14-28(15-19-40)47-32-36-37-38-41(32)27-9-6-25(7-10-27)31(43)44/h2-11,20,22,28H,12-19,21H2,1H3,(H,35,42)(H,43,44). The number of amides is 2. The minimum Gasteiger partial charge on any atom is -0.478 e. The van der Waals surface area contributed by atoms with E-state index in [1.807, 2.05) is 24.3 Å². The van der Waals surface area contributed by atoms with E-state index in [0.29, 0.717) is 48.0 Å². The number of nitrogens with zero attached hydrogens (tertiary/aromatic N) is 7. The van der Waals surface area contributed by atoms with Crippen LogP contribution in [0.25, 0.3) is 5.69 Å². The van der Waals surface area contributed by atoms with E-state index in [0.717, 1.165) is 25.6 Å². The van der Waals surface area contributed by atoms with Crippen LogP contribution in [0.3, 0.4) is 0 Å². The molecule has 2 aromatic carbocycles. The molecular weight excluding hydrogens is 620 g/mol. The van der Waals surface area contributed by atoms with Gasteiger partial charge in [-0.2, -0.15) is 4.68 Å². The number of anilines is 1. The summed E-state index contributed by atoms with van der Waals surface area (Å²) in [6.45, 7) is 6.41. The van der Waals surface area contributed by atoms with E-state index < -0.39 is 12.1 Å². The van der Waals surface area contributed by atoms with Crippen molar-refractivity contribution in [2.24, 2.45) is 5.92 Å². The summed E-state index contributed by atoms with van der Waals surface area (Å²) in [5.41, 5.74) is 3.09. The van der Waals surface area contributed by atoms with Gasteiger partial charge >= 0.3 is 12.1 Å². The molecular formula is C33H36N8O5S. The number of aromatic nitrogens is 5. The first-order chi connectivity index (χ1) is 22.8. The SMILES string of the molecule is CC1CCN(Cc2ccc(C(=O)Nc3ccc(OC(=O)N4CCC(Sc5nnnn5-c5ccc(C(=O)O)cc5)CC4)nc3)cc2)CC1. The number of carbonyl (C=O) groups excluding carboxylic acids is 2. The average molecular weight is 657 g/mol. The summed E-state index contributed by atoms with van der Waals surface area (Å²) in [6, 6.07) is 17.2. The zero-order valence-corrected chi connectivity index (χ0v) is 26.8. The maximum Gasteiger partial charge on any atom is 0.416 e. The topological polar surface area (TPSA) is 156 Å². The normalized spacial score (nSPS) is 16.1. The molecule has 0 atom stereocenters. The molecule has 2 amide bonds. The number of rotatable bonds is 9. The Morgan fingerprint density at radius 2 is 1.62 bits per heavy atom. The fraction of sp³-hybridized carbons (Fsp3) is 0.364. The molecule has 0 aliphatic carbocycles. The lowest BCUT2D eigenvalue weighted by molar-refractivity contribution is 0.0696. The van der Waals surface area contributed by atoms with Gasteiger partial charge in [-0.25, -0.2) is 14.6 Å². The second-order valence-electron chi connectivity index (χ2n) is 11.9. The molecule has 2 aromatic heterocycles. The fourth-order valence-corrected chi connectivity index (χ4v) is 6.65. The molecule has 244 valence electrons. The van der Waals surface area contributed by atoms with Crippen molar-refractivity contribution < 1.29 is 24.2 Å². The number of ether oxygens (including phenoxy) is 1. The lowest BCUT2D eigenvalue weighted by Crippen LogP contribution is -2.41. The number of hydrogen-bond acceptors (Lipinski definition) is 10. The fourth-order valence-electron chi connectivity index (χ4n) is 5.58. The van der Waals surface area contributed by atoms with Crippen LogP contribution in [0.5, 0.6) is 5.88 Å². The number of carboxylic acid groups (broad SMARTS) is 1. The predicted molar refractivity (Wildman–Crippen MR) is 175 cm³/mol. The third-order valence-electron chi connectivity index (χ3n) is 8.46. The quantitative estimate of drug-likeness (QED) is 0.250. The second-order valence-corrected chi connectivity index (χ2v) is 13.2. The van der Waals surface area contributed by atoms with E-state index in [1.165, 1.54) is 48.5 Å². The minimum atomic E-state index is -1.00. The Bertz CT molecular complexity index is 1680. The number of thioether (sulfide) groups is 1. The van der Waals surface area contributed by atoms with Crippen molar-refractivity contribution in [3.63, 3.8) is 0 Å². The number of nitrogens with one attached hydrogen (secondary N) is 1. The van der Waals surface area contributed by atoms with Crippen LogP contribution < -0.4 is 10.1 Å². The van der Waals surface area contributed by atoms with Crippen molar-refractivity contribution in [3.05, 3.63) is 83.6 Å². The molecule has 6 rings (SSSR count). The van der Waals surface area contributed by atoms with Crippen LogP contribution in [-0.2, 0) is 6.54 Å². The molecule has 0 radical (unpaired) electrons. The molecule has 2 saturated heterocycles. The van der Waals surface area contributed by atoms with Crippen LogP contribution in [0.2, 0.25) is 0 Å². The van der Waals surface area contributed by atoms with Crippen LogP contribution in [0.1, 0.15) is 58.9 Å². The summed E-state index contributed by atoms with van der Waals surface area (Å²) < 4.78 is 7.07. The van der Waals surface area contributed by atoms with Crippen LogP contribution in [-0.4, -0.2) is 89.5 Å². The number of tetrazole rings is 1. The van der Waals surface area contributed by atoms with Gasteiger partial charge in [0.05, 0.1) is 23.1 Å². The van der Waals surface area contributed by atoms with Gasteiger partial charge in [-0.15, -0.1) is 5.10 Å². The third-order valence-corrected chi connectivity index (χ3v) is 9.73. The lowest BCUT2D eigenvalue weighted by Gasteiger charge is -2.30. The number of aromatic carboxylic acids is 1. The Kier molecular flexibility index (Phi) is 10.1. The largest absolute Gasteiger partial charge is 0.478 e. The summed E-state index contributed by atoms with van der Waals surface area (Å²) in [6.07, 6.45) is 4.86. The Morgan fingerprint density at radius 3 is 2.28 bits per heavy atom. The summed E-state index contributed by atoms with van der Waals surface area (Å²) in [5.74, 6) is -0.294. The third kappa shape index (κ3) is 8.32. The summed E-state index contributed by atoms with van der Waals surface area (Å²) in [4.78, 5) is 45.1. The molecule has 2 aliphatic heterocycles. The number of benzene rings is 2.